The highest BCUT2D eigenvalue weighted by molar-refractivity contribution is 6.33. The number of hydrogen-bond donors (Lipinski definition) is 1. The Balaban J connectivity index is 1.83. The van der Waals surface area contributed by atoms with Gasteiger partial charge in [0.2, 0.25) is 0 Å². The summed E-state index contributed by atoms with van der Waals surface area (Å²) in [7, 11) is 0. The van der Waals surface area contributed by atoms with Gasteiger partial charge in [0.25, 0.3) is 5.91 Å². The van der Waals surface area contributed by atoms with Gasteiger partial charge in [-0.1, -0.05) is 35.9 Å². The Labute approximate surface area is 177 Å². The van der Waals surface area contributed by atoms with E-state index in [0.717, 1.165) is 28.2 Å². The molecule has 2 heterocycles. The molecule has 4 nitrogen and oxygen atoms in total. The zero-order chi connectivity index (χ0) is 20.7. The van der Waals surface area contributed by atoms with Gasteiger partial charge in [-0.25, -0.2) is 0 Å². The Bertz CT molecular complexity index is 1050. The summed E-state index contributed by atoms with van der Waals surface area (Å²) >= 11 is 6.49. The van der Waals surface area contributed by atoms with Crippen molar-refractivity contribution >= 4 is 23.2 Å². The van der Waals surface area contributed by atoms with Gasteiger partial charge >= 0.3 is 0 Å². The van der Waals surface area contributed by atoms with Crippen molar-refractivity contribution in [1.82, 2.24) is 9.47 Å². The Morgan fingerprint density at radius 1 is 1.00 bits per heavy atom. The van der Waals surface area contributed by atoms with Crippen LogP contribution < -0.4 is 5.32 Å². The Morgan fingerprint density at radius 3 is 2.45 bits per heavy atom. The molecule has 1 aromatic heterocycles. The number of fused-ring (bicyclic) bond motifs is 3. The lowest BCUT2D eigenvalue weighted by atomic mass is 9.94. The smallest absolute Gasteiger partial charge is 0.254 e. The van der Waals surface area contributed by atoms with E-state index in [4.69, 9.17) is 11.6 Å². The number of hydrogen-bond acceptors (Lipinski definition) is 2. The van der Waals surface area contributed by atoms with E-state index in [1.54, 1.807) is 0 Å². The number of benzene rings is 2. The van der Waals surface area contributed by atoms with Crippen LogP contribution in [0.5, 0.6) is 0 Å². The van der Waals surface area contributed by atoms with Gasteiger partial charge in [0.05, 0.1) is 22.4 Å². The van der Waals surface area contributed by atoms with E-state index in [-0.39, 0.29) is 24.0 Å². The first-order chi connectivity index (χ1) is 13.9. The summed E-state index contributed by atoms with van der Waals surface area (Å²) in [4.78, 5) is 15.4. The summed E-state index contributed by atoms with van der Waals surface area (Å²) in [5.74, 6) is 0.0578. The minimum atomic E-state index is -0.141. The molecule has 2 aromatic carbocycles. The van der Waals surface area contributed by atoms with E-state index in [2.05, 4.69) is 43.6 Å². The van der Waals surface area contributed by atoms with E-state index >= 15 is 0 Å². The highest BCUT2D eigenvalue weighted by atomic mass is 35.5. The summed E-state index contributed by atoms with van der Waals surface area (Å²) in [5.41, 5.74) is 4.66. The number of carbonyl (C=O) groups excluding carboxylic acids is 1. The van der Waals surface area contributed by atoms with Crippen molar-refractivity contribution in [3.8, 4) is 5.69 Å². The van der Waals surface area contributed by atoms with Crippen molar-refractivity contribution in [1.29, 1.82) is 0 Å². The molecule has 1 aliphatic heterocycles. The molecule has 0 saturated heterocycles. The lowest BCUT2D eigenvalue weighted by molar-refractivity contribution is 0.0642. The molecule has 3 aromatic rings. The van der Waals surface area contributed by atoms with Crippen LogP contribution in [-0.2, 0) is 0 Å². The highest BCUT2D eigenvalue weighted by Crippen LogP contribution is 2.41. The monoisotopic (exact) mass is 407 g/mol. The maximum absolute atomic E-state index is 13.5. The Morgan fingerprint density at radius 2 is 1.72 bits per heavy atom. The zero-order valence-corrected chi connectivity index (χ0v) is 17.9. The molecule has 1 N–H and O–H groups in total. The number of halogens is 1. The van der Waals surface area contributed by atoms with Crippen LogP contribution in [0.15, 0.2) is 60.8 Å². The molecule has 0 fully saturated rings. The summed E-state index contributed by atoms with van der Waals surface area (Å²) in [6.45, 7) is 8.23. The summed E-state index contributed by atoms with van der Waals surface area (Å²) in [6.07, 6.45) is 2.02. The molecular weight excluding hydrogens is 382 g/mol. The molecule has 29 heavy (non-hydrogen) atoms. The number of nitrogens with zero attached hydrogens (tertiary/aromatic N) is 2. The van der Waals surface area contributed by atoms with E-state index in [1.165, 1.54) is 0 Å². The fourth-order valence-electron chi connectivity index (χ4n) is 4.32. The first-order valence-corrected chi connectivity index (χ1v) is 10.4. The van der Waals surface area contributed by atoms with Crippen LogP contribution in [0, 0.1) is 0 Å². The maximum Gasteiger partial charge on any atom is 0.254 e. The van der Waals surface area contributed by atoms with E-state index in [1.807, 2.05) is 59.6 Å². The second-order valence-corrected chi connectivity index (χ2v) is 8.41. The molecule has 1 atom stereocenters. The minimum Gasteiger partial charge on any atom is -0.371 e. The average Bonchev–Trinajstić information content (AvgIpc) is 3.16. The molecule has 4 rings (SSSR count). The minimum absolute atomic E-state index is 0.0578. The lowest BCUT2D eigenvalue weighted by Crippen LogP contribution is -2.42. The van der Waals surface area contributed by atoms with Gasteiger partial charge in [0.1, 0.15) is 0 Å². The van der Waals surface area contributed by atoms with Crippen molar-refractivity contribution in [2.45, 2.75) is 45.8 Å². The van der Waals surface area contributed by atoms with Crippen molar-refractivity contribution in [3.63, 3.8) is 0 Å². The molecule has 0 bridgehead atoms. The van der Waals surface area contributed by atoms with Gasteiger partial charge in [-0.15, -0.1) is 0 Å². The van der Waals surface area contributed by atoms with Crippen LogP contribution in [0.3, 0.4) is 0 Å². The fourth-order valence-corrected chi connectivity index (χ4v) is 4.59. The number of nitrogens with one attached hydrogen (secondary N) is 1. The third-order valence-electron chi connectivity index (χ3n) is 5.45. The van der Waals surface area contributed by atoms with Crippen LogP contribution in [-0.4, -0.2) is 27.5 Å². The molecule has 0 aliphatic carbocycles. The molecule has 150 valence electrons. The van der Waals surface area contributed by atoms with Crippen LogP contribution in [0.4, 0.5) is 5.69 Å². The standard InChI is InChI=1S/C24H26ClN3O/c1-15(2)28(16(3)4)24(29)18-10-6-5-9-17(18)22-21-13-8-14-27(21)23-19(25)11-7-12-20(23)26-22/h5-16,22,26H,1-4H3. The fraction of sp³-hybridized carbons (Fsp3) is 0.292. The van der Waals surface area contributed by atoms with Crippen molar-refractivity contribution < 1.29 is 4.79 Å². The van der Waals surface area contributed by atoms with Crippen molar-refractivity contribution in [2.75, 3.05) is 5.32 Å². The number of anilines is 1. The summed E-state index contributed by atoms with van der Waals surface area (Å²) in [5, 5.41) is 4.31. The predicted octanol–water partition coefficient (Wildman–Crippen LogP) is 5.90. The number of aromatic nitrogens is 1. The third kappa shape index (κ3) is 3.32. The Kier molecular flexibility index (Phi) is 5.13. The first-order valence-electron chi connectivity index (χ1n) is 10.0. The normalized spacial score (nSPS) is 15.1. The largest absolute Gasteiger partial charge is 0.371 e. The first kappa shape index (κ1) is 19.6. The van der Waals surface area contributed by atoms with Gasteiger partial charge in [0.15, 0.2) is 0 Å². The topological polar surface area (TPSA) is 37.3 Å². The molecule has 1 unspecified atom stereocenters. The lowest BCUT2D eigenvalue weighted by Gasteiger charge is -2.34. The van der Waals surface area contributed by atoms with Crippen LogP contribution in [0.1, 0.15) is 55.4 Å². The average molecular weight is 408 g/mol. The van der Waals surface area contributed by atoms with Gasteiger partial charge in [-0.2, -0.15) is 0 Å². The van der Waals surface area contributed by atoms with E-state index in [0.29, 0.717) is 5.02 Å². The summed E-state index contributed by atoms with van der Waals surface area (Å²) < 4.78 is 2.11. The molecule has 0 radical (unpaired) electrons. The Hall–Kier alpha value is -2.72. The molecule has 1 amide bonds. The van der Waals surface area contributed by atoms with Crippen molar-refractivity contribution in [3.05, 3.63) is 82.6 Å². The second kappa shape index (κ2) is 7.60. The highest BCUT2D eigenvalue weighted by Gasteiger charge is 2.31. The van der Waals surface area contributed by atoms with E-state index < -0.39 is 0 Å². The van der Waals surface area contributed by atoms with Gasteiger partial charge in [-0.3, -0.25) is 4.79 Å². The second-order valence-electron chi connectivity index (χ2n) is 8.00. The number of carbonyl (C=O) groups is 1. The zero-order valence-electron chi connectivity index (χ0n) is 17.2. The number of amides is 1. The number of rotatable bonds is 4. The van der Waals surface area contributed by atoms with Gasteiger partial charge in [-0.05, 0) is 63.6 Å². The SMILES string of the molecule is CC(C)N(C(=O)c1ccccc1C1Nc2cccc(Cl)c2-n2cccc21)C(C)C. The molecule has 0 spiro atoms. The van der Waals surface area contributed by atoms with Crippen LogP contribution >= 0.6 is 11.6 Å². The number of para-hydroxylation sites is 1. The maximum atomic E-state index is 13.5. The molecule has 0 saturated carbocycles. The van der Waals surface area contributed by atoms with E-state index in [9.17, 15) is 4.79 Å². The quantitative estimate of drug-likeness (QED) is 0.584. The van der Waals surface area contributed by atoms with Gasteiger partial charge in [0, 0.05) is 29.5 Å². The molecular formula is C24H26ClN3O. The third-order valence-corrected chi connectivity index (χ3v) is 5.76. The molecule has 1 aliphatic rings. The van der Waals surface area contributed by atoms with Crippen LogP contribution in [0.25, 0.3) is 5.69 Å². The predicted molar refractivity (Wildman–Crippen MR) is 119 cm³/mol. The van der Waals surface area contributed by atoms with Crippen molar-refractivity contribution in [2.24, 2.45) is 0 Å². The van der Waals surface area contributed by atoms with Gasteiger partial charge < -0.3 is 14.8 Å². The van der Waals surface area contributed by atoms with Crippen LogP contribution in [0.2, 0.25) is 5.02 Å². The molecule has 5 heteroatoms. The summed E-state index contributed by atoms with van der Waals surface area (Å²) in [6, 6.07) is 17.9.